The molecule has 1 N–H and O–H groups in total. The summed E-state index contributed by atoms with van der Waals surface area (Å²) in [7, 11) is -4.50. The standard InChI is InChI=1S/C16H22O6S/c1-2-3-9-14(10-13-7-5-4-6-8-13)16-20-11-15(12-21-16)22-23(17,18)19/h4-8,10,15-16H,2-3,9,11-12H2,1H3,(H,17,18,19). The Hall–Kier alpha value is -1.25. The minimum absolute atomic E-state index is 0.0444. The van der Waals surface area contributed by atoms with Crippen LogP contribution in [0.4, 0.5) is 0 Å². The van der Waals surface area contributed by atoms with Crippen molar-refractivity contribution in [1.82, 2.24) is 0 Å². The highest BCUT2D eigenvalue weighted by atomic mass is 32.3. The summed E-state index contributed by atoms with van der Waals surface area (Å²) in [6.07, 6.45) is 3.57. The van der Waals surface area contributed by atoms with Crippen LogP contribution in [0.15, 0.2) is 35.9 Å². The number of rotatable bonds is 7. The first-order valence-corrected chi connectivity index (χ1v) is 8.99. The second-order valence-corrected chi connectivity index (χ2v) is 6.43. The van der Waals surface area contributed by atoms with E-state index in [0.717, 1.165) is 30.4 Å². The fourth-order valence-corrected chi connectivity index (χ4v) is 2.78. The molecule has 1 saturated heterocycles. The number of hydrogen-bond acceptors (Lipinski definition) is 5. The second kappa shape index (κ2) is 8.56. The van der Waals surface area contributed by atoms with Crippen LogP contribution < -0.4 is 0 Å². The maximum atomic E-state index is 10.7. The number of ether oxygens (including phenoxy) is 2. The maximum Gasteiger partial charge on any atom is 0.397 e. The molecule has 0 aromatic heterocycles. The Morgan fingerprint density at radius 1 is 1.30 bits per heavy atom. The summed E-state index contributed by atoms with van der Waals surface area (Å²) in [5.74, 6) is 0. The molecule has 0 bridgehead atoms. The zero-order valence-corrected chi connectivity index (χ0v) is 13.9. The Kier molecular flexibility index (Phi) is 6.73. The van der Waals surface area contributed by atoms with Crippen LogP contribution >= 0.6 is 0 Å². The largest absolute Gasteiger partial charge is 0.397 e. The molecule has 1 aromatic carbocycles. The van der Waals surface area contributed by atoms with E-state index in [9.17, 15) is 8.42 Å². The van der Waals surface area contributed by atoms with E-state index in [1.807, 2.05) is 36.4 Å². The molecular weight excluding hydrogens is 320 g/mol. The Morgan fingerprint density at radius 3 is 2.52 bits per heavy atom. The summed E-state index contributed by atoms with van der Waals surface area (Å²) in [4.78, 5) is 0. The Bertz CT molecular complexity index is 603. The van der Waals surface area contributed by atoms with Gasteiger partial charge in [0.2, 0.25) is 0 Å². The van der Waals surface area contributed by atoms with E-state index >= 15 is 0 Å². The molecule has 1 aliphatic heterocycles. The molecule has 0 amide bonds. The summed E-state index contributed by atoms with van der Waals surface area (Å²) in [5.41, 5.74) is 2.06. The van der Waals surface area contributed by atoms with Crippen LogP contribution in [0.5, 0.6) is 0 Å². The van der Waals surface area contributed by atoms with Crippen LogP contribution in [0, 0.1) is 0 Å². The van der Waals surface area contributed by atoms with Crippen molar-refractivity contribution in [1.29, 1.82) is 0 Å². The first kappa shape index (κ1) is 18.1. The van der Waals surface area contributed by atoms with Crippen molar-refractivity contribution in [3.8, 4) is 0 Å². The topological polar surface area (TPSA) is 82.1 Å². The van der Waals surface area contributed by atoms with Gasteiger partial charge < -0.3 is 9.47 Å². The van der Waals surface area contributed by atoms with Gasteiger partial charge in [-0.05, 0) is 24.0 Å². The van der Waals surface area contributed by atoms with Gasteiger partial charge in [-0.2, -0.15) is 8.42 Å². The molecular formula is C16H22O6S. The Labute approximate surface area is 137 Å². The molecule has 1 fully saturated rings. The molecule has 1 aliphatic rings. The average molecular weight is 342 g/mol. The molecule has 0 radical (unpaired) electrons. The van der Waals surface area contributed by atoms with Crippen LogP contribution in [-0.4, -0.2) is 38.6 Å². The molecule has 2 rings (SSSR count). The molecule has 0 aliphatic carbocycles. The maximum absolute atomic E-state index is 10.7. The monoisotopic (exact) mass is 342 g/mol. The smallest absolute Gasteiger partial charge is 0.346 e. The summed E-state index contributed by atoms with van der Waals surface area (Å²) >= 11 is 0. The van der Waals surface area contributed by atoms with Crippen molar-refractivity contribution < 1.29 is 26.6 Å². The quantitative estimate of drug-likeness (QED) is 0.767. The minimum atomic E-state index is -4.50. The first-order chi connectivity index (χ1) is 11.0. The highest BCUT2D eigenvalue weighted by molar-refractivity contribution is 7.80. The number of unbranched alkanes of at least 4 members (excludes halogenated alkanes) is 1. The van der Waals surface area contributed by atoms with Gasteiger partial charge >= 0.3 is 10.4 Å². The highest BCUT2D eigenvalue weighted by Gasteiger charge is 2.28. The summed E-state index contributed by atoms with van der Waals surface area (Å²) in [6.45, 7) is 2.20. The van der Waals surface area contributed by atoms with Crippen molar-refractivity contribution in [3.05, 3.63) is 41.5 Å². The zero-order valence-electron chi connectivity index (χ0n) is 13.1. The Balaban J connectivity index is 2.02. The third-order valence-corrected chi connectivity index (χ3v) is 3.91. The molecule has 0 atom stereocenters. The van der Waals surface area contributed by atoms with Gasteiger partial charge in [0.05, 0.1) is 13.2 Å². The van der Waals surface area contributed by atoms with Crippen LogP contribution in [0.25, 0.3) is 6.08 Å². The van der Waals surface area contributed by atoms with Gasteiger partial charge in [-0.3, -0.25) is 4.55 Å². The van der Waals surface area contributed by atoms with Crippen LogP contribution in [0.2, 0.25) is 0 Å². The van der Waals surface area contributed by atoms with E-state index in [2.05, 4.69) is 11.1 Å². The van der Waals surface area contributed by atoms with E-state index in [-0.39, 0.29) is 13.2 Å². The second-order valence-electron chi connectivity index (χ2n) is 5.38. The van der Waals surface area contributed by atoms with Crippen molar-refractivity contribution >= 4 is 16.5 Å². The van der Waals surface area contributed by atoms with Gasteiger partial charge in [-0.1, -0.05) is 49.8 Å². The third-order valence-electron chi connectivity index (χ3n) is 3.40. The van der Waals surface area contributed by atoms with Crippen molar-refractivity contribution in [3.63, 3.8) is 0 Å². The predicted molar refractivity (Wildman–Crippen MR) is 86.1 cm³/mol. The predicted octanol–water partition coefficient (Wildman–Crippen LogP) is 2.82. The molecule has 0 spiro atoms. The van der Waals surface area contributed by atoms with Crippen LogP contribution in [0.1, 0.15) is 31.7 Å². The van der Waals surface area contributed by atoms with Crippen LogP contribution in [-0.2, 0) is 24.1 Å². The van der Waals surface area contributed by atoms with E-state index in [4.69, 9.17) is 14.0 Å². The van der Waals surface area contributed by atoms with Crippen LogP contribution in [0.3, 0.4) is 0 Å². The van der Waals surface area contributed by atoms with Gasteiger partial charge in [0, 0.05) is 0 Å². The lowest BCUT2D eigenvalue weighted by atomic mass is 10.0. The van der Waals surface area contributed by atoms with E-state index < -0.39 is 22.8 Å². The van der Waals surface area contributed by atoms with E-state index in [0.29, 0.717) is 0 Å². The van der Waals surface area contributed by atoms with E-state index in [1.165, 1.54) is 0 Å². The Morgan fingerprint density at radius 2 is 1.96 bits per heavy atom. The third kappa shape index (κ3) is 6.40. The summed E-state index contributed by atoms with van der Waals surface area (Å²) in [6, 6.07) is 9.87. The SMILES string of the molecule is CCCCC(=Cc1ccccc1)C1OCC(OS(=O)(=O)O)CO1. The van der Waals surface area contributed by atoms with Gasteiger partial charge in [0.25, 0.3) is 0 Å². The lowest BCUT2D eigenvalue weighted by Crippen LogP contribution is -2.39. The van der Waals surface area contributed by atoms with Crippen molar-refractivity contribution in [2.24, 2.45) is 0 Å². The zero-order chi connectivity index (χ0) is 16.7. The van der Waals surface area contributed by atoms with Crippen molar-refractivity contribution in [2.45, 2.75) is 38.6 Å². The average Bonchev–Trinajstić information content (AvgIpc) is 2.52. The van der Waals surface area contributed by atoms with Gasteiger partial charge in [-0.25, -0.2) is 4.18 Å². The molecule has 0 saturated carbocycles. The summed E-state index contributed by atoms with van der Waals surface area (Å²) in [5, 5.41) is 0. The molecule has 0 unspecified atom stereocenters. The molecule has 1 aromatic rings. The summed E-state index contributed by atoms with van der Waals surface area (Å²) < 4.78 is 45.7. The van der Waals surface area contributed by atoms with E-state index in [1.54, 1.807) is 0 Å². The lowest BCUT2D eigenvalue weighted by Gasteiger charge is -2.30. The fourth-order valence-electron chi connectivity index (χ4n) is 2.33. The van der Waals surface area contributed by atoms with Crippen molar-refractivity contribution in [2.75, 3.05) is 13.2 Å². The molecule has 6 nitrogen and oxygen atoms in total. The highest BCUT2D eigenvalue weighted by Crippen LogP contribution is 2.23. The minimum Gasteiger partial charge on any atom is -0.346 e. The lowest BCUT2D eigenvalue weighted by molar-refractivity contribution is -0.193. The van der Waals surface area contributed by atoms with Gasteiger partial charge in [-0.15, -0.1) is 0 Å². The molecule has 7 heteroatoms. The first-order valence-electron chi connectivity index (χ1n) is 7.62. The number of benzene rings is 1. The normalized spacial score (nSPS) is 23.0. The fraction of sp³-hybridized carbons (Fsp3) is 0.500. The van der Waals surface area contributed by atoms with Gasteiger partial charge in [0.1, 0.15) is 6.10 Å². The molecule has 1 heterocycles. The molecule has 23 heavy (non-hydrogen) atoms. The van der Waals surface area contributed by atoms with Gasteiger partial charge in [0.15, 0.2) is 6.29 Å². The number of hydrogen-bond donors (Lipinski definition) is 1. The molecule has 128 valence electrons.